The Labute approximate surface area is 120 Å². The Morgan fingerprint density at radius 3 is 3.11 bits per heavy atom. The highest BCUT2D eigenvalue weighted by molar-refractivity contribution is 7.98. The maximum absolute atomic E-state index is 10.3. The highest BCUT2D eigenvalue weighted by atomic mass is 35.5. The molecule has 0 aliphatic rings. The molecular formula is C11H15ClN4O2S. The SMILES string of the molecule is CNC(=C[N+](=O)[O-])NCCSCc1ncccc1Cl. The first-order valence-corrected chi connectivity index (χ1v) is 7.11. The molecule has 19 heavy (non-hydrogen) atoms. The summed E-state index contributed by atoms with van der Waals surface area (Å²) in [5.74, 6) is 1.90. The summed E-state index contributed by atoms with van der Waals surface area (Å²) in [5, 5.41) is 16.6. The number of rotatable bonds is 8. The summed E-state index contributed by atoms with van der Waals surface area (Å²) in [6.45, 7) is 0.621. The second-order valence-corrected chi connectivity index (χ2v) is 5.00. The molecule has 0 aliphatic carbocycles. The fourth-order valence-electron chi connectivity index (χ4n) is 1.26. The van der Waals surface area contributed by atoms with E-state index in [4.69, 9.17) is 11.6 Å². The van der Waals surface area contributed by atoms with Crippen LogP contribution >= 0.6 is 23.4 Å². The highest BCUT2D eigenvalue weighted by Gasteiger charge is 2.02. The van der Waals surface area contributed by atoms with Crippen molar-refractivity contribution in [3.05, 3.63) is 51.2 Å². The average Bonchev–Trinajstić information content (AvgIpc) is 2.38. The van der Waals surface area contributed by atoms with E-state index in [1.54, 1.807) is 31.1 Å². The van der Waals surface area contributed by atoms with Gasteiger partial charge in [0.25, 0.3) is 6.20 Å². The van der Waals surface area contributed by atoms with Crippen LogP contribution in [0.2, 0.25) is 5.02 Å². The first-order chi connectivity index (χ1) is 9.13. The van der Waals surface area contributed by atoms with Crippen molar-refractivity contribution in [2.75, 3.05) is 19.3 Å². The quantitative estimate of drug-likeness (QED) is 0.433. The molecule has 2 N–H and O–H groups in total. The second-order valence-electron chi connectivity index (χ2n) is 3.49. The normalized spacial score (nSPS) is 11.2. The van der Waals surface area contributed by atoms with Gasteiger partial charge in [0.2, 0.25) is 0 Å². The summed E-state index contributed by atoms with van der Waals surface area (Å²) in [5.41, 5.74) is 0.851. The maximum atomic E-state index is 10.3. The Morgan fingerprint density at radius 2 is 2.47 bits per heavy atom. The molecule has 6 nitrogen and oxygen atoms in total. The summed E-state index contributed by atoms with van der Waals surface area (Å²) < 4.78 is 0. The van der Waals surface area contributed by atoms with Crippen LogP contribution in [-0.4, -0.2) is 29.3 Å². The van der Waals surface area contributed by atoms with Crippen LogP contribution in [-0.2, 0) is 5.75 Å². The van der Waals surface area contributed by atoms with Crippen LogP contribution < -0.4 is 10.6 Å². The van der Waals surface area contributed by atoms with Crippen molar-refractivity contribution in [2.24, 2.45) is 0 Å². The number of aromatic nitrogens is 1. The van der Waals surface area contributed by atoms with Crippen molar-refractivity contribution in [3.63, 3.8) is 0 Å². The van der Waals surface area contributed by atoms with E-state index in [-0.39, 0.29) is 0 Å². The minimum Gasteiger partial charge on any atom is -0.370 e. The van der Waals surface area contributed by atoms with Gasteiger partial charge >= 0.3 is 0 Å². The molecule has 8 heteroatoms. The molecule has 0 radical (unpaired) electrons. The molecule has 1 heterocycles. The van der Waals surface area contributed by atoms with Gasteiger partial charge in [-0.1, -0.05) is 11.6 Å². The maximum Gasteiger partial charge on any atom is 0.274 e. The van der Waals surface area contributed by atoms with Gasteiger partial charge in [-0.2, -0.15) is 11.8 Å². The van der Waals surface area contributed by atoms with Crippen LogP contribution in [0.15, 0.2) is 30.4 Å². The van der Waals surface area contributed by atoms with Gasteiger partial charge in [-0.3, -0.25) is 15.1 Å². The van der Waals surface area contributed by atoms with Gasteiger partial charge < -0.3 is 10.6 Å². The smallest absolute Gasteiger partial charge is 0.274 e. The summed E-state index contributed by atoms with van der Waals surface area (Å²) >= 11 is 7.64. The highest BCUT2D eigenvalue weighted by Crippen LogP contribution is 2.17. The second kappa shape index (κ2) is 8.60. The standard InChI is InChI=1S/C11H15ClN4O2S/c1-13-11(7-16(17)18)15-5-6-19-8-10-9(12)3-2-4-14-10/h2-4,7,13,15H,5-6,8H2,1H3. The number of hydrogen-bond donors (Lipinski definition) is 2. The minimum absolute atomic E-state index is 0.390. The first kappa shape index (κ1) is 15.6. The van der Waals surface area contributed by atoms with E-state index in [0.29, 0.717) is 17.4 Å². The zero-order chi connectivity index (χ0) is 14.1. The lowest BCUT2D eigenvalue weighted by Crippen LogP contribution is -2.26. The predicted octanol–water partition coefficient (Wildman–Crippen LogP) is 1.85. The Hall–Kier alpha value is -1.47. The van der Waals surface area contributed by atoms with Crippen LogP contribution in [0.5, 0.6) is 0 Å². The third-order valence-electron chi connectivity index (χ3n) is 2.14. The third-order valence-corrected chi connectivity index (χ3v) is 3.45. The molecule has 0 amide bonds. The molecule has 104 valence electrons. The molecule has 0 bridgehead atoms. The largest absolute Gasteiger partial charge is 0.370 e. The molecule has 1 aromatic heterocycles. The van der Waals surface area contributed by atoms with Crippen molar-refractivity contribution in [2.45, 2.75) is 5.75 Å². The van der Waals surface area contributed by atoms with Crippen molar-refractivity contribution in [1.82, 2.24) is 15.6 Å². The summed E-state index contributed by atoms with van der Waals surface area (Å²) in [4.78, 5) is 14.0. The molecule has 0 aromatic carbocycles. The molecule has 1 aromatic rings. The number of hydrogen-bond acceptors (Lipinski definition) is 6. The number of nitrogens with one attached hydrogen (secondary N) is 2. The van der Waals surface area contributed by atoms with Gasteiger partial charge in [-0.05, 0) is 12.1 Å². The van der Waals surface area contributed by atoms with Gasteiger partial charge in [0.1, 0.15) is 0 Å². The van der Waals surface area contributed by atoms with Crippen molar-refractivity contribution in [1.29, 1.82) is 0 Å². The van der Waals surface area contributed by atoms with E-state index in [0.717, 1.165) is 23.4 Å². The Kier molecular flexibility index (Phi) is 7.06. The van der Waals surface area contributed by atoms with E-state index in [1.807, 2.05) is 6.07 Å². The number of nitro groups is 1. The van der Waals surface area contributed by atoms with Gasteiger partial charge in [0, 0.05) is 31.3 Å². The number of halogens is 1. The van der Waals surface area contributed by atoms with Gasteiger partial charge in [-0.25, -0.2) is 0 Å². The predicted molar refractivity (Wildman–Crippen MR) is 77.5 cm³/mol. The lowest BCUT2D eigenvalue weighted by molar-refractivity contribution is -0.404. The van der Waals surface area contributed by atoms with Gasteiger partial charge in [0.15, 0.2) is 5.82 Å². The topological polar surface area (TPSA) is 80.1 Å². The van der Waals surface area contributed by atoms with Crippen LogP contribution in [0.25, 0.3) is 0 Å². The van der Waals surface area contributed by atoms with E-state index in [2.05, 4.69) is 15.6 Å². The Balaban J connectivity index is 2.25. The minimum atomic E-state index is -0.500. The molecule has 0 unspecified atom stereocenters. The molecule has 0 atom stereocenters. The van der Waals surface area contributed by atoms with Crippen LogP contribution in [0.4, 0.5) is 0 Å². The summed E-state index contributed by atoms with van der Waals surface area (Å²) in [6.07, 6.45) is 2.61. The van der Waals surface area contributed by atoms with Crippen LogP contribution in [0, 0.1) is 10.1 Å². The molecule has 0 aliphatic heterocycles. The zero-order valence-corrected chi connectivity index (χ0v) is 12.0. The van der Waals surface area contributed by atoms with E-state index < -0.39 is 4.92 Å². The first-order valence-electron chi connectivity index (χ1n) is 5.57. The monoisotopic (exact) mass is 302 g/mol. The van der Waals surface area contributed by atoms with Crippen LogP contribution in [0.1, 0.15) is 5.69 Å². The zero-order valence-electron chi connectivity index (χ0n) is 10.4. The fourth-order valence-corrected chi connectivity index (χ4v) is 2.34. The number of thioether (sulfide) groups is 1. The van der Waals surface area contributed by atoms with Crippen molar-refractivity contribution in [3.8, 4) is 0 Å². The van der Waals surface area contributed by atoms with Crippen molar-refractivity contribution < 1.29 is 4.92 Å². The number of pyridine rings is 1. The molecule has 0 spiro atoms. The lowest BCUT2D eigenvalue weighted by atomic mass is 10.4. The number of nitrogens with zero attached hydrogens (tertiary/aromatic N) is 2. The molecule has 0 fully saturated rings. The Bertz CT molecular complexity index is 456. The third kappa shape index (κ3) is 6.30. The average molecular weight is 303 g/mol. The van der Waals surface area contributed by atoms with Gasteiger partial charge in [0.05, 0.1) is 15.6 Å². The molecular weight excluding hydrogens is 288 g/mol. The molecule has 0 saturated heterocycles. The van der Waals surface area contributed by atoms with Gasteiger partial charge in [-0.15, -0.1) is 0 Å². The van der Waals surface area contributed by atoms with E-state index in [1.165, 1.54) is 0 Å². The summed E-state index contributed by atoms with van der Waals surface area (Å²) in [6, 6.07) is 3.60. The lowest BCUT2D eigenvalue weighted by Gasteiger charge is -2.07. The molecule has 1 rings (SSSR count). The van der Waals surface area contributed by atoms with Crippen LogP contribution in [0.3, 0.4) is 0 Å². The Morgan fingerprint density at radius 1 is 1.68 bits per heavy atom. The van der Waals surface area contributed by atoms with Crippen molar-refractivity contribution >= 4 is 23.4 Å². The summed E-state index contributed by atoms with van der Waals surface area (Å²) in [7, 11) is 1.63. The van der Waals surface area contributed by atoms with E-state index in [9.17, 15) is 10.1 Å². The fraction of sp³-hybridized carbons (Fsp3) is 0.364. The molecule has 0 saturated carbocycles. The van der Waals surface area contributed by atoms with E-state index >= 15 is 0 Å².